The van der Waals surface area contributed by atoms with Crippen LogP contribution in [-0.2, 0) is 37.3 Å². The van der Waals surface area contributed by atoms with Crippen LogP contribution in [-0.4, -0.2) is 19.6 Å². The fourth-order valence-electron chi connectivity index (χ4n) is 7.48. The molecule has 0 amide bonds. The van der Waals surface area contributed by atoms with Crippen molar-refractivity contribution >= 4 is 11.0 Å². The summed E-state index contributed by atoms with van der Waals surface area (Å²) in [6.07, 6.45) is -0.519. The number of imidazole rings is 1. The van der Waals surface area contributed by atoms with Crippen LogP contribution in [0.3, 0.4) is 0 Å². The summed E-state index contributed by atoms with van der Waals surface area (Å²) in [5.41, 5.74) is 8.46. The van der Waals surface area contributed by atoms with E-state index in [0.29, 0.717) is 33.6 Å². The molecular formula is C55H54N3OPt-. The Hall–Kier alpha value is -5.57. The van der Waals surface area contributed by atoms with Gasteiger partial charge in [0.05, 0.1) is 27.6 Å². The van der Waals surface area contributed by atoms with Crippen LogP contribution in [0, 0.1) is 13.0 Å². The van der Waals surface area contributed by atoms with Crippen molar-refractivity contribution in [3.05, 3.63) is 168 Å². The van der Waals surface area contributed by atoms with E-state index in [2.05, 4.69) is 121 Å². The van der Waals surface area contributed by atoms with Gasteiger partial charge in [0.25, 0.3) is 0 Å². The van der Waals surface area contributed by atoms with E-state index >= 15 is 0 Å². The van der Waals surface area contributed by atoms with E-state index in [-0.39, 0.29) is 55.1 Å². The van der Waals surface area contributed by atoms with E-state index in [1.54, 1.807) is 0 Å². The summed E-state index contributed by atoms with van der Waals surface area (Å²) in [5, 5.41) is 12.4. The van der Waals surface area contributed by atoms with E-state index in [4.69, 9.17) is 14.6 Å². The van der Waals surface area contributed by atoms with E-state index in [9.17, 15) is 6.48 Å². The Balaban J connectivity index is 0.00000684. The molecule has 306 valence electrons. The molecule has 8 rings (SSSR count). The van der Waals surface area contributed by atoms with Crippen molar-refractivity contribution in [2.45, 2.75) is 85.5 Å². The molecule has 2 aromatic heterocycles. The molecule has 0 saturated heterocycles. The van der Waals surface area contributed by atoms with Gasteiger partial charge >= 0.3 is 0 Å². The second kappa shape index (κ2) is 16.1. The molecule has 0 fully saturated rings. The van der Waals surface area contributed by atoms with Gasteiger partial charge in [-0.1, -0.05) is 164 Å². The minimum absolute atomic E-state index is 0. The van der Waals surface area contributed by atoms with E-state index < -0.39 is 53.3 Å². The number of pyridine rings is 1. The standard InChI is InChI=1S/C55H54N3O.Pt/c1-35-26-39(37-20-15-12-16-21-37)31-44(27-35)58-49-23-17-22-45(50(49)57-52(58)46-33-43(54(5,6)7)34-47(51(46)59)55(8,9)10)40-28-41(30-42(29-40)53(2,3)4)48-32-38(24-25-56-48)36-18-13-11-14-19-36;/h11-27,29-34,59H,1-10H3;/q-1;/i11D,13D,14D,18D,19D,24D,25D,32D;. The fourth-order valence-corrected chi connectivity index (χ4v) is 7.48. The molecule has 6 aromatic carbocycles. The van der Waals surface area contributed by atoms with Gasteiger partial charge in [0.2, 0.25) is 0 Å². The molecule has 0 saturated carbocycles. The van der Waals surface area contributed by atoms with Gasteiger partial charge in [0.1, 0.15) is 11.6 Å². The first-order valence-electron chi connectivity index (χ1n) is 24.0. The first-order valence-corrected chi connectivity index (χ1v) is 20.0. The number of para-hydroxylation sites is 1. The molecule has 1 N–H and O–H groups in total. The van der Waals surface area contributed by atoms with E-state index in [1.807, 2.05) is 54.6 Å². The second-order valence-electron chi connectivity index (χ2n) is 18.4. The van der Waals surface area contributed by atoms with Gasteiger partial charge in [-0.3, -0.25) is 9.55 Å². The summed E-state index contributed by atoms with van der Waals surface area (Å²) < 4.78 is 71.5. The smallest absolute Gasteiger partial charge is 0.148 e. The summed E-state index contributed by atoms with van der Waals surface area (Å²) in [6.45, 7) is 21.0. The van der Waals surface area contributed by atoms with Gasteiger partial charge in [0.15, 0.2) is 0 Å². The Morgan fingerprint density at radius 3 is 2.00 bits per heavy atom. The summed E-state index contributed by atoms with van der Waals surface area (Å²) in [6, 6.07) is 30.2. The number of aryl methyl sites for hydroxylation is 1. The van der Waals surface area contributed by atoms with Crippen molar-refractivity contribution in [2.24, 2.45) is 0 Å². The number of phenols is 1. The molecule has 8 aromatic rings. The maximum Gasteiger partial charge on any atom is 0.148 e. The average molecular weight is 976 g/mol. The first-order chi connectivity index (χ1) is 31.3. The topological polar surface area (TPSA) is 50.9 Å². The summed E-state index contributed by atoms with van der Waals surface area (Å²) in [4.78, 5) is 9.93. The molecule has 0 aliphatic rings. The summed E-state index contributed by atoms with van der Waals surface area (Å²) in [7, 11) is 0. The monoisotopic (exact) mass is 975 g/mol. The van der Waals surface area contributed by atoms with Gasteiger partial charge in [-0.15, -0.1) is 29.3 Å². The Labute approximate surface area is 381 Å². The molecule has 5 heteroatoms. The van der Waals surface area contributed by atoms with Crippen LogP contribution in [0.1, 0.15) is 95.5 Å². The van der Waals surface area contributed by atoms with Crippen LogP contribution in [0.2, 0.25) is 0 Å². The number of aromatic hydroxyl groups is 1. The van der Waals surface area contributed by atoms with Gasteiger partial charge < -0.3 is 5.11 Å². The van der Waals surface area contributed by atoms with Crippen LogP contribution in [0.15, 0.2) is 139 Å². The number of nitrogens with zero attached hydrogens (tertiary/aromatic N) is 3. The molecule has 0 bridgehead atoms. The van der Waals surface area contributed by atoms with Gasteiger partial charge in [-0.2, -0.15) is 0 Å². The largest absolute Gasteiger partial charge is 0.507 e. The van der Waals surface area contributed by atoms with Crippen LogP contribution in [0.4, 0.5) is 0 Å². The third-order valence-corrected chi connectivity index (χ3v) is 10.8. The predicted molar refractivity (Wildman–Crippen MR) is 247 cm³/mol. The first kappa shape index (κ1) is 33.2. The number of aromatic nitrogens is 3. The van der Waals surface area contributed by atoms with Gasteiger partial charge in [-0.05, 0) is 86.9 Å². The zero-order chi connectivity index (χ0) is 48.8. The molecule has 2 heterocycles. The quantitative estimate of drug-likeness (QED) is 0.169. The number of benzene rings is 6. The van der Waals surface area contributed by atoms with Crippen molar-refractivity contribution in [3.63, 3.8) is 0 Å². The van der Waals surface area contributed by atoms with Gasteiger partial charge in [-0.25, -0.2) is 4.98 Å². The van der Waals surface area contributed by atoms with Gasteiger partial charge in [0, 0.05) is 44.2 Å². The maximum atomic E-state index is 12.4. The molecule has 0 aliphatic carbocycles. The Bertz CT molecular complexity index is 3280. The minimum Gasteiger partial charge on any atom is -0.507 e. The molecular weight excluding hydrogens is 914 g/mol. The van der Waals surface area contributed by atoms with Crippen LogP contribution < -0.4 is 0 Å². The fraction of sp³-hybridized carbons (Fsp3) is 0.236. The Morgan fingerprint density at radius 2 is 1.32 bits per heavy atom. The molecule has 60 heavy (non-hydrogen) atoms. The number of rotatable bonds is 6. The van der Waals surface area contributed by atoms with Crippen molar-refractivity contribution in [1.82, 2.24) is 14.5 Å². The number of hydrogen-bond donors (Lipinski definition) is 1. The number of fused-ring (bicyclic) bond motifs is 1. The van der Waals surface area contributed by atoms with Crippen LogP contribution in [0.25, 0.3) is 72.7 Å². The zero-order valence-electron chi connectivity index (χ0n) is 43.8. The molecule has 0 unspecified atom stereocenters. The van der Waals surface area contributed by atoms with Crippen molar-refractivity contribution in [1.29, 1.82) is 0 Å². The van der Waals surface area contributed by atoms with Crippen LogP contribution >= 0.6 is 0 Å². The number of phenolic OH excluding ortho intramolecular Hbond substituents is 1. The van der Waals surface area contributed by atoms with Crippen LogP contribution in [0.5, 0.6) is 5.75 Å². The minimum atomic E-state index is -0.606. The maximum absolute atomic E-state index is 12.4. The zero-order valence-corrected chi connectivity index (χ0v) is 38.0. The van der Waals surface area contributed by atoms with Crippen molar-refractivity contribution in [2.75, 3.05) is 0 Å². The molecule has 0 atom stereocenters. The SMILES string of the molecule is [2H]c1nc(-c2[c-]c(-c3cccc4c3nc(-c3cc(C(C)(C)C)cc(C(C)(C)C)c3O)n4-c3cc(C)cc(-c4ccccc4)c3)cc(C(C)(C)C)c2)c([2H])c(-c2c([2H])c([2H])c([2H])c([2H])c2[2H])c1[2H].[Pt]. The third-order valence-electron chi connectivity index (χ3n) is 10.8. The molecule has 0 spiro atoms. The normalized spacial score (nSPS) is 14.0. The third kappa shape index (κ3) is 8.41. The molecule has 0 radical (unpaired) electrons. The van der Waals surface area contributed by atoms with Crippen molar-refractivity contribution < 1.29 is 37.1 Å². The predicted octanol–water partition coefficient (Wildman–Crippen LogP) is 14.5. The van der Waals surface area contributed by atoms with Crippen molar-refractivity contribution in [3.8, 4) is 67.5 Å². The summed E-state index contributed by atoms with van der Waals surface area (Å²) in [5.74, 6) is 0.683. The van der Waals surface area contributed by atoms with E-state index in [1.165, 1.54) is 0 Å². The Morgan fingerprint density at radius 1 is 0.633 bits per heavy atom. The molecule has 4 nitrogen and oxygen atoms in total. The average Bonchev–Trinajstić information content (AvgIpc) is 3.66. The summed E-state index contributed by atoms with van der Waals surface area (Å²) >= 11 is 0. The van der Waals surface area contributed by atoms with E-state index in [0.717, 1.165) is 44.6 Å². The molecule has 0 aliphatic heterocycles. The Kier molecular flexibility index (Phi) is 8.92. The number of hydrogen-bond acceptors (Lipinski definition) is 3. The second-order valence-corrected chi connectivity index (χ2v) is 18.4.